The Morgan fingerprint density at radius 2 is 1.55 bits per heavy atom. The van der Waals surface area contributed by atoms with Crippen LogP contribution in [0.4, 0.5) is 0 Å². The second kappa shape index (κ2) is 5.20. The van der Waals surface area contributed by atoms with E-state index in [4.69, 9.17) is 32.7 Å². The summed E-state index contributed by atoms with van der Waals surface area (Å²) in [6, 6.07) is 0. The van der Waals surface area contributed by atoms with Gasteiger partial charge in [0, 0.05) is 13.2 Å². The summed E-state index contributed by atoms with van der Waals surface area (Å²) in [6.45, 7) is 6.53. The van der Waals surface area contributed by atoms with E-state index in [1.165, 1.54) is 0 Å². The van der Waals surface area contributed by atoms with Crippen molar-refractivity contribution >= 4 is 23.2 Å². The van der Waals surface area contributed by atoms with E-state index in [9.17, 15) is 0 Å². The molecular formula is C7H14Cl2O2. The van der Waals surface area contributed by atoms with Crippen molar-refractivity contribution in [1.29, 1.82) is 0 Å². The second-order valence-corrected chi connectivity index (χ2v) is 3.28. The summed E-state index contributed by atoms with van der Waals surface area (Å²) < 4.78 is 10.5. The minimum Gasteiger partial charge on any atom is -0.348 e. The summed E-state index contributed by atoms with van der Waals surface area (Å²) in [5, 5.41) is 0. The smallest absolute Gasteiger partial charge is 0.195 e. The Labute approximate surface area is 77.8 Å². The molecule has 0 aromatic carbocycles. The zero-order valence-electron chi connectivity index (χ0n) is 7.06. The lowest BCUT2D eigenvalue weighted by Crippen LogP contribution is -2.39. The van der Waals surface area contributed by atoms with E-state index in [2.05, 4.69) is 0 Å². The summed E-state index contributed by atoms with van der Waals surface area (Å²) in [4.78, 5) is -0.664. The summed E-state index contributed by atoms with van der Waals surface area (Å²) in [5.41, 5.74) is 0. The quantitative estimate of drug-likeness (QED) is 0.502. The van der Waals surface area contributed by atoms with Crippen LogP contribution in [-0.4, -0.2) is 23.8 Å². The van der Waals surface area contributed by atoms with Gasteiger partial charge < -0.3 is 9.47 Å². The maximum Gasteiger partial charge on any atom is 0.195 e. The highest BCUT2D eigenvalue weighted by molar-refractivity contribution is 6.45. The fraction of sp³-hybridized carbons (Fsp3) is 1.00. The zero-order valence-corrected chi connectivity index (χ0v) is 8.58. The molecule has 0 N–H and O–H groups in total. The van der Waals surface area contributed by atoms with Crippen LogP contribution in [0.15, 0.2) is 0 Å². The molecule has 0 aliphatic heterocycles. The molecule has 0 fully saturated rings. The second-order valence-electron chi connectivity index (χ2n) is 2.18. The Balaban J connectivity index is 4.01. The molecule has 0 aliphatic carbocycles. The van der Waals surface area contributed by atoms with Crippen molar-refractivity contribution in [3.05, 3.63) is 0 Å². The molecule has 11 heavy (non-hydrogen) atoms. The van der Waals surface area contributed by atoms with Crippen molar-refractivity contribution in [2.45, 2.75) is 31.4 Å². The van der Waals surface area contributed by atoms with E-state index in [1.807, 2.05) is 13.8 Å². The van der Waals surface area contributed by atoms with Crippen LogP contribution in [0.2, 0.25) is 0 Å². The number of alkyl halides is 2. The van der Waals surface area contributed by atoms with Gasteiger partial charge in [-0.15, -0.1) is 0 Å². The van der Waals surface area contributed by atoms with Crippen LogP contribution >= 0.6 is 23.2 Å². The van der Waals surface area contributed by atoms with Gasteiger partial charge in [-0.25, -0.2) is 0 Å². The van der Waals surface area contributed by atoms with Crippen molar-refractivity contribution in [3.63, 3.8) is 0 Å². The average Bonchev–Trinajstić information content (AvgIpc) is 1.88. The molecule has 0 bridgehead atoms. The van der Waals surface area contributed by atoms with Crippen LogP contribution in [0.25, 0.3) is 0 Å². The van der Waals surface area contributed by atoms with E-state index >= 15 is 0 Å². The van der Waals surface area contributed by atoms with E-state index in [0.717, 1.165) is 0 Å². The van der Waals surface area contributed by atoms with Crippen LogP contribution < -0.4 is 0 Å². The normalized spacial score (nSPS) is 12.5. The number of halogens is 2. The van der Waals surface area contributed by atoms with E-state index in [-0.39, 0.29) is 0 Å². The largest absolute Gasteiger partial charge is 0.348 e. The molecule has 0 aliphatic rings. The van der Waals surface area contributed by atoms with E-state index in [1.54, 1.807) is 6.92 Å². The van der Waals surface area contributed by atoms with Gasteiger partial charge in [-0.1, -0.05) is 23.2 Å². The maximum atomic E-state index is 5.66. The molecule has 0 spiro atoms. The molecule has 0 atom stereocenters. The van der Waals surface area contributed by atoms with Gasteiger partial charge in [0.05, 0.1) is 0 Å². The first-order valence-corrected chi connectivity index (χ1v) is 4.50. The molecule has 0 heterocycles. The van der Waals surface area contributed by atoms with Crippen molar-refractivity contribution in [2.24, 2.45) is 0 Å². The highest BCUT2D eigenvalue weighted by Crippen LogP contribution is 2.25. The molecule has 0 aromatic rings. The molecule has 0 saturated heterocycles. The minimum absolute atomic E-state index is 0.534. The van der Waals surface area contributed by atoms with Crippen LogP contribution in [0, 0.1) is 0 Å². The monoisotopic (exact) mass is 200 g/mol. The fourth-order valence-electron chi connectivity index (χ4n) is 0.741. The lowest BCUT2D eigenvalue weighted by molar-refractivity contribution is -0.211. The fourth-order valence-corrected chi connectivity index (χ4v) is 0.993. The molecule has 68 valence electrons. The number of hydrogen-bond acceptors (Lipinski definition) is 2. The third kappa shape index (κ3) is 3.61. The van der Waals surface area contributed by atoms with Crippen LogP contribution in [0.1, 0.15) is 20.8 Å². The third-order valence-electron chi connectivity index (χ3n) is 1.26. The predicted molar refractivity (Wildman–Crippen MR) is 47.2 cm³/mol. The summed E-state index contributed by atoms with van der Waals surface area (Å²) in [7, 11) is 0. The highest BCUT2D eigenvalue weighted by atomic mass is 35.5. The Morgan fingerprint density at radius 1 is 1.18 bits per heavy atom. The number of ether oxygens (including phenoxy) is 2. The summed E-state index contributed by atoms with van der Waals surface area (Å²) in [5.74, 6) is -0.868. The van der Waals surface area contributed by atoms with Gasteiger partial charge in [0.1, 0.15) is 0 Å². The zero-order chi connectivity index (χ0) is 8.91. The van der Waals surface area contributed by atoms with Gasteiger partial charge in [0.25, 0.3) is 0 Å². The molecule has 2 nitrogen and oxygen atoms in total. The van der Waals surface area contributed by atoms with Gasteiger partial charge in [0.15, 0.2) is 10.6 Å². The van der Waals surface area contributed by atoms with Crippen LogP contribution in [0.3, 0.4) is 0 Å². The Bertz CT molecular complexity index is 101. The molecular weight excluding hydrogens is 187 g/mol. The van der Waals surface area contributed by atoms with E-state index in [0.29, 0.717) is 13.2 Å². The Hall–Kier alpha value is 0.500. The SMILES string of the molecule is CCOC(C)(OCC)C(Cl)Cl. The average molecular weight is 201 g/mol. The molecule has 0 aromatic heterocycles. The van der Waals surface area contributed by atoms with Gasteiger partial charge in [-0.3, -0.25) is 0 Å². The number of hydrogen-bond donors (Lipinski definition) is 0. The van der Waals surface area contributed by atoms with Gasteiger partial charge in [-0.2, -0.15) is 0 Å². The highest BCUT2D eigenvalue weighted by Gasteiger charge is 2.32. The predicted octanol–water partition coefficient (Wildman–Crippen LogP) is 2.58. The molecule has 0 saturated carbocycles. The summed E-state index contributed by atoms with van der Waals surface area (Å²) in [6.07, 6.45) is 0. The Morgan fingerprint density at radius 3 is 1.73 bits per heavy atom. The Kier molecular flexibility index (Phi) is 5.44. The first kappa shape index (κ1) is 11.5. The van der Waals surface area contributed by atoms with Gasteiger partial charge in [-0.05, 0) is 20.8 Å². The van der Waals surface area contributed by atoms with E-state index < -0.39 is 10.6 Å². The maximum absolute atomic E-state index is 5.66. The van der Waals surface area contributed by atoms with Gasteiger partial charge in [0.2, 0.25) is 0 Å². The van der Waals surface area contributed by atoms with Crippen molar-refractivity contribution in [2.75, 3.05) is 13.2 Å². The third-order valence-corrected chi connectivity index (χ3v) is 2.05. The molecule has 0 rings (SSSR count). The molecule has 4 heteroatoms. The van der Waals surface area contributed by atoms with Gasteiger partial charge >= 0.3 is 0 Å². The first-order chi connectivity index (χ1) is 5.06. The minimum atomic E-state index is -0.868. The summed E-state index contributed by atoms with van der Waals surface area (Å²) >= 11 is 11.3. The van der Waals surface area contributed by atoms with Crippen molar-refractivity contribution in [3.8, 4) is 0 Å². The van der Waals surface area contributed by atoms with Crippen molar-refractivity contribution in [1.82, 2.24) is 0 Å². The lowest BCUT2D eigenvalue weighted by Gasteiger charge is -2.29. The van der Waals surface area contributed by atoms with Crippen LogP contribution in [0.5, 0.6) is 0 Å². The lowest BCUT2D eigenvalue weighted by atomic mass is 10.4. The van der Waals surface area contributed by atoms with Crippen molar-refractivity contribution < 1.29 is 9.47 Å². The molecule has 0 radical (unpaired) electrons. The topological polar surface area (TPSA) is 18.5 Å². The molecule has 0 amide bonds. The standard InChI is InChI=1S/C7H14Cl2O2/c1-4-10-7(3,6(8)9)11-5-2/h6H,4-5H2,1-3H3. The molecule has 0 unspecified atom stereocenters. The number of rotatable bonds is 5. The van der Waals surface area contributed by atoms with Crippen LogP contribution in [-0.2, 0) is 9.47 Å². The first-order valence-electron chi connectivity index (χ1n) is 3.62.